The van der Waals surface area contributed by atoms with Gasteiger partial charge in [-0.3, -0.25) is 14.7 Å². The maximum atomic E-state index is 12.6. The van der Waals surface area contributed by atoms with Gasteiger partial charge in [-0.05, 0) is 6.07 Å². The summed E-state index contributed by atoms with van der Waals surface area (Å²) in [6.07, 6.45) is 0.956. The number of rotatable bonds is 2. The Hall–Kier alpha value is -2.71. The fraction of sp³-hybridized carbons (Fsp3) is 0.333. The molecule has 1 aliphatic rings. The molecule has 0 radical (unpaired) electrons. The number of pyridine rings is 1. The van der Waals surface area contributed by atoms with Crippen LogP contribution in [0.2, 0.25) is 0 Å². The molecular formula is C15H15F3N5O+. The highest BCUT2D eigenvalue weighted by Crippen LogP contribution is 2.28. The van der Waals surface area contributed by atoms with Crippen LogP contribution >= 0.6 is 0 Å². The number of halogens is 3. The van der Waals surface area contributed by atoms with Crippen LogP contribution in [0.25, 0.3) is 0 Å². The molecule has 0 atom stereocenters. The van der Waals surface area contributed by atoms with Crippen molar-refractivity contribution in [2.45, 2.75) is 6.18 Å². The summed E-state index contributed by atoms with van der Waals surface area (Å²) in [4.78, 5) is 26.4. The molecular weight excluding hydrogens is 323 g/mol. The lowest BCUT2D eigenvalue weighted by molar-refractivity contribution is -0.367. The van der Waals surface area contributed by atoms with E-state index in [1.54, 1.807) is 4.90 Å². The standard InChI is InChI=1S/C15H14F3N5O/c16-15(17,18)11-1-2-13(21-9-11)22-5-7-23(8-6-22)14(24)12-10-19-3-4-20-12/h1-4,9-10H,5-8H2/p+1. The van der Waals surface area contributed by atoms with E-state index in [9.17, 15) is 18.0 Å². The second-order valence-electron chi connectivity index (χ2n) is 5.33. The number of carbonyl (C=O) groups is 1. The minimum Gasteiger partial charge on any atom is -0.329 e. The average Bonchev–Trinajstić information content (AvgIpc) is 2.61. The van der Waals surface area contributed by atoms with E-state index in [2.05, 4.69) is 15.0 Å². The van der Waals surface area contributed by atoms with Crippen LogP contribution in [0.15, 0.2) is 36.9 Å². The molecule has 3 rings (SSSR count). The maximum Gasteiger partial charge on any atom is 0.419 e. The van der Waals surface area contributed by atoms with E-state index in [0.717, 1.165) is 12.3 Å². The van der Waals surface area contributed by atoms with Gasteiger partial charge in [0, 0.05) is 18.5 Å². The second-order valence-corrected chi connectivity index (χ2v) is 5.33. The van der Waals surface area contributed by atoms with Gasteiger partial charge in [-0.2, -0.15) is 13.2 Å². The molecule has 0 spiro atoms. The molecule has 3 heterocycles. The largest absolute Gasteiger partial charge is 0.419 e. The second kappa shape index (κ2) is 6.42. The van der Waals surface area contributed by atoms with Crippen molar-refractivity contribution in [3.63, 3.8) is 0 Å². The normalized spacial score (nSPS) is 15.5. The minimum atomic E-state index is -4.36. The lowest BCUT2D eigenvalue weighted by Gasteiger charge is -2.30. The molecule has 0 aromatic carbocycles. The molecule has 6 nitrogen and oxygen atoms in total. The number of aromatic nitrogens is 3. The summed E-state index contributed by atoms with van der Waals surface area (Å²) in [5.41, 5.74) is -0.435. The molecule has 1 amide bonds. The maximum absolute atomic E-state index is 12.6. The Kier molecular flexibility index (Phi) is 4.32. The van der Waals surface area contributed by atoms with Crippen LogP contribution in [0.4, 0.5) is 19.0 Å². The van der Waals surface area contributed by atoms with Gasteiger partial charge >= 0.3 is 6.18 Å². The van der Waals surface area contributed by atoms with Gasteiger partial charge < -0.3 is 4.90 Å². The third-order valence-electron chi connectivity index (χ3n) is 3.81. The zero-order chi connectivity index (χ0) is 17.2. The fourth-order valence-corrected chi connectivity index (χ4v) is 2.51. The summed E-state index contributed by atoms with van der Waals surface area (Å²) in [5, 5.41) is 0. The lowest BCUT2D eigenvalue weighted by atomic mass is 10.2. The Labute approximate surface area is 136 Å². The number of H-pyrrole nitrogens is 1. The lowest BCUT2D eigenvalue weighted by Crippen LogP contribution is -2.50. The Morgan fingerprint density at radius 1 is 1.12 bits per heavy atom. The Balaban J connectivity index is 1.62. The molecule has 2 aromatic heterocycles. The summed E-state index contributed by atoms with van der Waals surface area (Å²) in [6, 6.07) is 2.45. The van der Waals surface area contributed by atoms with Crippen molar-refractivity contribution in [2.75, 3.05) is 31.1 Å². The predicted octanol–water partition coefficient (Wildman–Crippen LogP) is 1.27. The number of aromatic amines is 1. The van der Waals surface area contributed by atoms with Crippen molar-refractivity contribution in [1.82, 2.24) is 14.9 Å². The van der Waals surface area contributed by atoms with Crippen LogP contribution in [-0.4, -0.2) is 47.0 Å². The van der Waals surface area contributed by atoms with Gasteiger partial charge in [0.05, 0.1) is 24.8 Å². The van der Waals surface area contributed by atoms with Crippen molar-refractivity contribution >= 4 is 11.7 Å². The molecule has 2 aromatic rings. The van der Waals surface area contributed by atoms with Gasteiger partial charge in [-0.15, -0.1) is 0 Å². The zero-order valence-corrected chi connectivity index (χ0v) is 12.6. The van der Waals surface area contributed by atoms with Crippen molar-refractivity contribution in [3.05, 3.63) is 48.2 Å². The van der Waals surface area contributed by atoms with Gasteiger partial charge in [0.15, 0.2) is 0 Å². The minimum absolute atomic E-state index is 0.195. The number of hydrogen-bond acceptors (Lipinski definition) is 4. The summed E-state index contributed by atoms with van der Waals surface area (Å²) in [5.74, 6) is 0.397. The molecule has 1 N–H and O–H groups in total. The zero-order valence-electron chi connectivity index (χ0n) is 12.6. The van der Waals surface area contributed by atoms with E-state index < -0.39 is 11.7 Å². The SMILES string of the molecule is O=C(c1cnccn1)N1CCN(c2ccc(C(F)(F)F)c[nH+]2)CC1. The van der Waals surface area contributed by atoms with E-state index in [1.807, 2.05) is 4.90 Å². The number of nitrogens with zero attached hydrogens (tertiary/aromatic N) is 4. The molecule has 0 aliphatic carbocycles. The highest BCUT2D eigenvalue weighted by Gasteiger charge is 2.33. The highest BCUT2D eigenvalue weighted by molar-refractivity contribution is 5.92. The predicted molar refractivity (Wildman–Crippen MR) is 78.1 cm³/mol. The molecule has 1 fully saturated rings. The first-order chi connectivity index (χ1) is 11.4. The topological polar surface area (TPSA) is 63.5 Å². The van der Waals surface area contributed by atoms with Gasteiger partial charge in [0.2, 0.25) is 0 Å². The summed E-state index contributed by atoms with van der Waals surface area (Å²) in [7, 11) is 0. The molecule has 1 saturated heterocycles. The highest BCUT2D eigenvalue weighted by atomic mass is 19.4. The summed E-state index contributed by atoms with van der Waals surface area (Å²) < 4.78 is 37.7. The third-order valence-corrected chi connectivity index (χ3v) is 3.81. The van der Waals surface area contributed by atoms with Crippen molar-refractivity contribution in [3.8, 4) is 0 Å². The number of anilines is 1. The number of hydrogen-bond donors (Lipinski definition) is 0. The average molecular weight is 338 g/mol. The first kappa shape index (κ1) is 16.2. The third kappa shape index (κ3) is 3.44. The van der Waals surface area contributed by atoms with Crippen LogP contribution in [-0.2, 0) is 6.18 Å². The molecule has 24 heavy (non-hydrogen) atoms. The first-order valence-electron chi connectivity index (χ1n) is 7.34. The summed E-state index contributed by atoms with van der Waals surface area (Å²) >= 11 is 0. The quantitative estimate of drug-likeness (QED) is 0.827. The Bertz CT molecular complexity index is 697. The molecule has 0 unspecified atom stereocenters. The molecule has 9 heteroatoms. The monoisotopic (exact) mass is 338 g/mol. The Morgan fingerprint density at radius 2 is 1.88 bits per heavy atom. The van der Waals surface area contributed by atoms with E-state index in [-0.39, 0.29) is 11.6 Å². The number of amides is 1. The first-order valence-corrected chi connectivity index (χ1v) is 7.34. The smallest absolute Gasteiger partial charge is 0.329 e. The van der Waals surface area contributed by atoms with Gasteiger partial charge in [-0.1, -0.05) is 0 Å². The molecule has 0 saturated carbocycles. The van der Waals surface area contributed by atoms with Crippen LogP contribution in [0.1, 0.15) is 16.1 Å². The van der Waals surface area contributed by atoms with E-state index in [1.165, 1.54) is 24.7 Å². The van der Waals surface area contributed by atoms with Crippen molar-refractivity contribution < 1.29 is 22.9 Å². The van der Waals surface area contributed by atoms with Gasteiger partial charge in [0.25, 0.3) is 11.7 Å². The van der Waals surface area contributed by atoms with Crippen molar-refractivity contribution in [2.24, 2.45) is 0 Å². The van der Waals surface area contributed by atoms with Crippen LogP contribution in [0, 0.1) is 0 Å². The number of alkyl halides is 3. The van der Waals surface area contributed by atoms with E-state index >= 15 is 0 Å². The number of carbonyl (C=O) groups excluding carboxylic acids is 1. The Morgan fingerprint density at radius 3 is 2.42 bits per heavy atom. The number of nitrogens with one attached hydrogen (secondary N) is 1. The van der Waals surface area contributed by atoms with Crippen LogP contribution in [0.5, 0.6) is 0 Å². The van der Waals surface area contributed by atoms with Crippen LogP contribution < -0.4 is 9.88 Å². The van der Waals surface area contributed by atoms with Crippen molar-refractivity contribution in [1.29, 1.82) is 0 Å². The molecule has 126 valence electrons. The van der Waals surface area contributed by atoms with Gasteiger partial charge in [0.1, 0.15) is 25.0 Å². The van der Waals surface area contributed by atoms with Gasteiger partial charge in [-0.25, -0.2) is 9.97 Å². The van der Waals surface area contributed by atoms with E-state index in [4.69, 9.17) is 0 Å². The molecule has 0 bridgehead atoms. The number of piperazine rings is 1. The summed E-state index contributed by atoms with van der Waals surface area (Å²) in [6.45, 7) is 1.97. The van der Waals surface area contributed by atoms with E-state index in [0.29, 0.717) is 32.0 Å². The fourth-order valence-electron chi connectivity index (χ4n) is 2.51. The van der Waals surface area contributed by atoms with Crippen LogP contribution in [0.3, 0.4) is 0 Å². The molecule has 1 aliphatic heterocycles.